The Morgan fingerprint density at radius 1 is 1.00 bits per heavy atom. The smallest absolute Gasteiger partial charge is 0.253 e. The lowest BCUT2D eigenvalue weighted by Crippen LogP contribution is -2.39. The number of carbonyl (C=O) groups is 1. The van der Waals surface area contributed by atoms with E-state index in [0.29, 0.717) is 12.0 Å². The molecule has 2 fully saturated rings. The van der Waals surface area contributed by atoms with Crippen molar-refractivity contribution >= 4 is 17.5 Å². The number of likely N-dealkylation sites (tertiary alicyclic amines) is 2. The second kappa shape index (κ2) is 10.8. The van der Waals surface area contributed by atoms with Crippen LogP contribution >= 0.6 is 0 Å². The van der Waals surface area contributed by atoms with E-state index in [1.54, 1.807) is 6.20 Å². The van der Waals surface area contributed by atoms with E-state index < -0.39 is 0 Å². The third-order valence-electron chi connectivity index (χ3n) is 7.41. The summed E-state index contributed by atoms with van der Waals surface area (Å²) in [5.41, 5.74) is 3.36. The number of imidazole rings is 1. The number of nitrogens with zero attached hydrogens (tertiary/aromatic N) is 6. The van der Waals surface area contributed by atoms with Crippen LogP contribution in [-0.2, 0) is 0 Å². The van der Waals surface area contributed by atoms with Crippen molar-refractivity contribution in [3.63, 3.8) is 0 Å². The van der Waals surface area contributed by atoms with E-state index in [4.69, 9.17) is 4.98 Å². The summed E-state index contributed by atoms with van der Waals surface area (Å²) in [5, 5.41) is 3.28. The van der Waals surface area contributed by atoms with Crippen molar-refractivity contribution in [2.45, 2.75) is 65.0 Å². The van der Waals surface area contributed by atoms with Gasteiger partial charge in [-0.05, 0) is 83.5 Å². The molecule has 0 aliphatic carbocycles. The maximum absolute atomic E-state index is 13.2. The van der Waals surface area contributed by atoms with Gasteiger partial charge in [0.25, 0.3) is 5.91 Å². The van der Waals surface area contributed by atoms with Crippen LogP contribution in [0.5, 0.6) is 0 Å². The first kappa shape index (κ1) is 24.4. The van der Waals surface area contributed by atoms with Gasteiger partial charge in [0.2, 0.25) is 5.95 Å². The van der Waals surface area contributed by atoms with Gasteiger partial charge in [0.05, 0.1) is 17.6 Å². The van der Waals surface area contributed by atoms with Crippen molar-refractivity contribution in [2.24, 2.45) is 0 Å². The molecule has 0 radical (unpaired) electrons. The molecule has 1 atom stereocenters. The lowest BCUT2D eigenvalue weighted by atomic mass is 10.2. The lowest BCUT2D eigenvalue weighted by Gasteiger charge is -2.27. The summed E-state index contributed by atoms with van der Waals surface area (Å²) in [6.07, 6.45) is 9.93. The molecule has 0 spiro atoms. The molecule has 1 aromatic carbocycles. The van der Waals surface area contributed by atoms with E-state index in [0.717, 1.165) is 48.0 Å². The summed E-state index contributed by atoms with van der Waals surface area (Å²) >= 11 is 0. The second-order valence-electron chi connectivity index (χ2n) is 10.3. The zero-order chi connectivity index (χ0) is 25.1. The van der Waals surface area contributed by atoms with Gasteiger partial charge in [-0.1, -0.05) is 12.8 Å². The Balaban J connectivity index is 1.23. The van der Waals surface area contributed by atoms with Gasteiger partial charge in [0, 0.05) is 42.6 Å². The predicted octanol–water partition coefficient (Wildman–Crippen LogP) is 5.06. The largest absolute Gasteiger partial charge is 0.337 e. The van der Waals surface area contributed by atoms with Crippen LogP contribution in [0, 0.1) is 6.92 Å². The predicted molar refractivity (Wildman–Crippen MR) is 142 cm³/mol. The number of hydrogen-bond acceptors (Lipinski definition) is 6. The lowest BCUT2D eigenvalue weighted by molar-refractivity contribution is 0.0777. The summed E-state index contributed by atoms with van der Waals surface area (Å²) in [6, 6.07) is 10.3. The highest BCUT2D eigenvalue weighted by Gasteiger charge is 2.31. The standard InChI is InChI=1S/C28H37N7O/c1-20(2)35-21(3)30-18-26(35)25-12-14-29-28(32-25)31-23-10-8-22(9-11-23)27(36)34-17-13-24(19-34)33-15-6-4-5-7-16-33/h8-12,14,18,20,24H,4-7,13,15-17,19H2,1-3H3,(H,29,31,32)/t24-/m0/s1. The van der Waals surface area contributed by atoms with Gasteiger partial charge in [0.15, 0.2) is 0 Å². The van der Waals surface area contributed by atoms with E-state index >= 15 is 0 Å². The number of amides is 1. The number of aryl methyl sites for hydroxylation is 1. The number of anilines is 2. The zero-order valence-electron chi connectivity index (χ0n) is 21.7. The van der Waals surface area contributed by atoms with Crippen LogP contribution in [0.4, 0.5) is 11.6 Å². The Morgan fingerprint density at radius 3 is 2.47 bits per heavy atom. The molecular weight excluding hydrogens is 450 g/mol. The van der Waals surface area contributed by atoms with E-state index in [1.807, 2.05) is 48.4 Å². The molecule has 2 aliphatic heterocycles. The Hall–Kier alpha value is -3.26. The van der Waals surface area contributed by atoms with Gasteiger partial charge < -0.3 is 14.8 Å². The number of benzene rings is 1. The Bertz CT molecular complexity index is 1180. The minimum absolute atomic E-state index is 0.120. The molecule has 2 aromatic heterocycles. The van der Waals surface area contributed by atoms with Gasteiger partial charge >= 0.3 is 0 Å². The van der Waals surface area contributed by atoms with E-state index in [9.17, 15) is 4.79 Å². The quantitative estimate of drug-likeness (QED) is 0.523. The molecule has 0 bridgehead atoms. The molecule has 36 heavy (non-hydrogen) atoms. The number of aromatic nitrogens is 4. The SMILES string of the molecule is Cc1ncc(-c2ccnc(Nc3ccc(C(=O)N4CC[C@H](N5CCCCCC5)C4)cc3)n2)n1C(C)C. The summed E-state index contributed by atoms with van der Waals surface area (Å²) in [5.74, 6) is 1.60. The van der Waals surface area contributed by atoms with Crippen molar-refractivity contribution in [1.29, 1.82) is 0 Å². The highest BCUT2D eigenvalue weighted by atomic mass is 16.2. The average molecular weight is 488 g/mol. The van der Waals surface area contributed by atoms with Crippen LogP contribution < -0.4 is 5.32 Å². The van der Waals surface area contributed by atoms with Gasteiger partial charge in [-0.25, -0.2) is 15.0 Å². The molecule has 2 aliphatic rings. The van der Waals surface area contributed by atoms with Crippen LogP contribution in [0.15, 0.2) is 42.7 Å². The minimum Gasteiger partial charge on any atom is -0.337 e. The first-order valence-electron chi connectivity index (χ1n) is 13.3. The fourth-order valence-corrected chi connectivity index (χ4v) is 5.55. The van der Waals surface area contributed by atoms with Gasteiger partial charge in [-0.2, -0.15) is 0 Å². The fourth-order valence-electron chi connectivity index (χ4n) is 5.55. The van der Waals surface area contributed by atoms with Gasteiger partial charge in [-0.3, -0.25) is 9.69 Å². The monoisotopic (exact) mass is 487 g/mol. The van der Waals surface area contributed by atoms with Crippen molar-refractivity contribution in [2.75, 3.05) is 31.5 Å². The van der Waals surface area contributed by atoms with E-state index in [-0.39, 0.29) is 11.9 Å². The molecule has 0 unspecified atom stereocenters. The van der Waals surface area contributed by atoms with Gasteiger partial charge in [0.1, 0.15) is 5.82 Å². The molecular formula is C28H37N7O. The molecule has 8 nitrogen and oxygen atoms in total. The van der Waals surface area contributed by atoms with Crippen molar-refractivity contribution in [3.05, 3.63) is 54.1 Å². The number of hydrogen-bond donors (Lipinski definition) is 1. The Labute approximate surface area is 213 Å². The van der Waals surface area contributed by atoms with Crippen LogP contribution in [0.2, 0.25) is 0 Å². The zero-order valence-corrected chi connectivity index (χ0v) is 21.7. The molecule has 8 heteroatoms. The maximum Gasteiger partial charge on any atom is 0.253 e. The molecule has 5 rings (SSSR count). The van der Waals surface area contributed by atoms with Crippen LogP contribution in [-0.4, -0.2) is 67.4 Å². The molecule has 1 N–H and O–H groups in total. The minimum atomic E-state index is 0.120. The number of rotatable bonds is 6. The molecule has 190 valence electrons. The third kappa shape index (κ3) is 5.28. The molecule has 3 aromatic rings. The first-order chi connectivity index (χ1) is 17.5. The topological polar surface area (TPSA) is 79.2 Å². The molecule has 2 saturated heterocycles. The van der Waals surface area contributed by atoms with Crippen molar-refractivity contribution in [3.8, 4) is 11.4 Å². The van der Waals surface area contributed by atoms with E-state index in [2.05, 4.69) is 38.6 Å². The number of nitrogens with one attached hydrogen (secondary N) is 1. The molecule has 0 saturated carbocycles. The summed E-state index contributed by atoms with van der Waals surface area (Å²) in [7, 11) is 0. The van der Waals surface area contributed by atoms with E-state index in [1.165, 1.54) is 38.8 Å². The van der Waals surface area contributed by atoms with Crippen LogP contribution in [0.3, 0.4) is 0 Å². The Kier molecular flexibility index (Phi) is 7.32. The second-order valence-corrected chi connectivity index (χ2v) is 10.3. The average Bonchev–Trinajstić information content (AvgIpc) is 3.43. The summed E-state index contributed by atoms with van der Waals surface area (Å²) in [6.45, 7) is 10.3. The molecule has 4 heterocycles. The first-order valence-corrected chi connectivity index (χ1v) is 13.3. The van der Waals surface area contributed by atoms with Crippen molar-refractivity contribution < 1.29 is 4.79 Å². The normalized spacial score (nSPS) is 19.0. The van der Waals surface area contributed by atoms with Crippen LogP contribution in [0.1, 0.15) is 68.2 Å². The summed E-state index contributed by atoms with van der Waals surface area (Å²) < 4.78 is 2.17. The molecule has 1 amide bonds. The third-order valence-corrected chi connectivity index (χ3v) is 7.41. The van der Waals surface area contributed by atoms with Crippen molar-refractivity contribution in [1.82, 2.24) is 29.3 Å². The van der Waals surface area contributed by atoms with Crippen LogP contribution in [0.25, 0.3) is 11.4 Å². The fraction of sp³-hybridized carbons (Fsp3) is 0.500. The van der Waals surface area contributed by atoms with Gasteiger partial charge in [-0.15, -0.1) is 0 Å². The summed E-state index contributed by atoms with van der Waals surface area (Å²) in [4.78, 5) is 31.4. The highest BCUT2D eigenvalue weighted by molar-refractivity contribution is 5.94. The highest BCUT2D eigenvalue weighted by Crippen LogP contribution is 2.25. The number of carbonyl (C=O) groups excluding carboxylic acids is 1. The maximum atomic E-state index is 13.2. The Morgan fingerprint density at radius 2 is 1.75 bits per heavy atom.